The summed E-state index contributed by atoms with van der Waals surface area (Å²) in [5.41, 5.74) is 6.94. The van der Waals surface area contributed by atoms with Crippen LogP contribution < -0.4 is 15.8 Å². The number of amides is 1. The molecule has 1 aliphatic heterocycles. The van der Waals surface area contributed by atoms with Gasteiger partial charge in [0, 0.05) is 24.8 Å². The zero-order valence-electron chi connectivity index (χ0n) is 12.6. The fraction of sp³-hybridized carbons (Fsp3) is 0.533. The average Bonchev–Trinajstić information content (AvgIpc) is 2.49. The average molecular weight is 293 g/mol. The number of rotatable bonds is 5. The number of nitrogens with one attached hydrogen (secondary N) is 1. The van der Waals surface area contributed by atoms with E-state index in [0.717, 1.165) is 19.5 Å². The summed E-state index contributed by atoms with van der Waals surface area (Å²) in [5, 5.41) is 2.87. The Bertz CT molecular complexity index is 493. The first kappa shape index (κ1) is 15.6. The molecule has 1 aromatic carbocycles. The lowest BCUT2D eigenvalue weighted by Crippen LogP contribution is -2.45. The highest BCUT2D eigenvalue weighted by molar-refractivity contribution is 5.94. The van der Waals surface area contributed by atoms with E-state index in [1.807, 2.05) is 0 Å². The molecule has 1 aliphatic rings. The number of nitrogens with two attached hydrogens (primary N) is 1. The summed E-state index contributed by atoms with van der Waals surface area (Å²) in [6.07, 6.45) is 1.18. The number of hydrogen-bond donors (Lipinski definition) is 2. The van der Waals surface area contributed by atoms with Crippen LogP contribution in [0.15, 0.2) is 18.2 Å². The van der Waals surface area contributed by atoms with Crippen molar-refractivity contribution in [3.05, 3.63) is 18.2 Å². The second-order valence-electron chi connectivity index (χ2n) is 5.14. The second kappa shape index (κ2) is 7.28. The van der Waals surface area contributed by atoms with Crippen LogP contribution in [0.25, 0.3) is 0 Å². The van der Waals surface area contributed by atoms with Crippen LogP contribution in [0.2, 0.25) is 0 Å². The van der Waals surface area contributed by atoms with Gasteiger partial charge in [-0.2, -0.15) is 0 Å². The number of nitrogen functional groups attached to an aromatic ring is 1. The number of ether oxygens (including phenoxy) is 2. The fourth-order valence-corrected chi connectivity index (χ4v) is 2.37. The van der Waals surface area contributed by atoms with Gasteiger partial charge in [0.15, 0.2) is 0 Å². The normalized spacial score (nSPS) is 19.2. The van der Waals surface area contributed by atoms with E-state index in [0.29, 0.717) is 30.3 Å². The SMILES string of the molecule is CCC1CN(CC(=O)Nc2ccc(N)cc2OC)CCO1. The molecule has 0 aliphatic carbocycles. The van der Waals surface area contributed by atoms with Crippen LogP contribution in [0.1, 0.15) is 13.3 Å². The van der Waals surface area contributed by atoms with E-state index in [4.69, 9.17) is 15.2 Å². The lowest BCUT2D eigenvalue weighted by molar-refractivity contribution is -0.119. The second-order valence-corrected chi connectivity index (χ2v) is 5.14. The maximum absolute atomic E-state index is 12.1. The van der Waals surface area contributed by atoms with Crippen molar-refractivity contribution in [1.29, 1.82) is 0 Å². The van der Waals surface area contributed by atoms with E-state index in [-0.39, 0.29) is 12.0 Å². The Morgan fingerprint density at radius 2 is 2.38 bits per heavy atom. The standard InChI is InChI=1S/C15H23N3O3/c1-3-12-9-18(6-7-21-12)10-15(19)17-13-5-4-11(16)8-14(13)20-2/h4-5,8,12H,3,6-7,9-10,16H2,1-2H3,(H,17,19). The first-order valence-electron chi connectivity index (χ1n) is 7.19. The largest absolute Gasteiger partial charge is 0.494 e. The van der Waals surface area contributed by atoms with Crippen molar-refractivity contribution in [2.75, 3.05) is 44.4 Å². The summed E-state index contributed by atoms with van der Waals surface area (Å²) in [5.74, 6) is 0.506. The minimum Gasteiger partial charge on any atom is -0.494 e. The minimum atomic E-state index is -0.0603. The molecular formula is C15H23N3O3. The van der Waals surface area contributed by atoms with Crippen LogP contribution in [-0.4, -0.2) is 50.3 Å². The first-order valence-corrected chi connectivity index (χ1v) is 7.19. The molecular weight excluding hydrogens is 270 g/mol. The maximum atomic E-state index is 12.1. The Labute approximate surface area is 125 Å². The summed E-state index contributed by atoms with van der Waals surface area (Å²) in [6, 6.07) is 5.18. The molecule has 0 saturated carbocycles. The quantitative estimate of drug-likeness (QED) is 0.801. The molecule has 6 nitrogen and oxygen atoms in total. The topological polar surface area (TPSA) is 76.8 Å². The molecule has 1 atom stereocenters. The van der Waals surface area contributed by atoms with Crippen molar-refractivity contribution in [3.63, 3.8) is 0 Å². The lowest BCUT2D eigenvalue weighted by atomic mass is 10.2. The van der Waals surface area contributed by atoms with Crippen LogP contribution in [-0.2, 0) is 9.53 Å². The highest BCUT2D eigenvalue weighted by Gasteiger charge is 2.21. The number of morpholine rings is 1. The van der Waals surface area contributed by atoms with Crippen LogP contribution in [0, 0.1) is 0 Å². The number of hydrogen-bond acceptors (Lipinski definition) is 5. The molecule has 1 amide bonds. The van der Waals surface area contributed by atoms with Crippen molar-refractivity contribution in [2.24, 2.45) is 0 Å². The van der Waals surface area contributed by atoms with Gasteiger partial charge >= 0.3 is 0 Å². The Balaban J connectivity index is 1.92. The maximum Gasteiger partial charge on any atom is 0.238 e. The van der Waals surface area contributed by atoms with Gasteiger partial charge in [0.2, 0.25) is 5.91 Å². The predicted octanol–water partition coefficient (Wildman–Crippen LogP) is 1.33. The minimum absolute atomic E-state index is 0.0603. The van der Waals surface area contributed by atoms with E-state index < -0.39 is 0 Å². The number of nitrogens with zero attached hydrogens (tertiary/aromatic N) is 1. The Hall–Kier alpha value is -1.79. The van der Waals surface area contributed by atoms with E-state index in [9.17, 15) is 4.79 Å². The molecule has 1 unspecified atom stereocenters. The molecule has 3 N–H and O–H groups in total. The van der Waals surface area contributed by atoms with Gasteiger partial charge in [-0.3, -0.25) is 9.69 Å². The predicted molar refractivity (Wildman–Crippen MR) is 82.5 cm³/mol. The van der Waals surface area contributed by atoms with Crippen LogP contribution in [0.4, 0.5) is 11.4 Å². The number of anilines is 2. The van der Waals surface area contributed by atoms with Gasteiger partial charge in [0.25, 0.3) is 0 Å². The third-order valence-corrected chi connectivity index (χ3v) is 3.55. The summed E-state index contributed by atoms with van der Waals surface area (Å²) in [4.78, 5) is 14.3. The smallest absolute Gasteiger partial charge is 0.238 e. The fourth-order valence-electron chi connectivity index (χ4n) is 2.37. The molecule has 0 bridgehead atoms. The third-order valence-electron chi connectivity index (χ3n) is 3.55. The van der Waals surface area contributed by atoms with Gasteiger partial charge < -0.3 is 20.5 Å². The highest BCUT2D eigenvalue weighted by Crippen LogP contribution is 2.26. The van der Waals surface area contributed by atoms with Crippen molar-refractivity contribution >= 4 is 17.3 Å². The van der Waals surface area contributed by atoms with Crippen molar-refractivity contribution in [3.8, 4) is 5.75 Å². The summed E-state index contributed by atoms with van der Waals surface area (Å²) >= 11 is 0. The van der Waals surface area contributed by atoms with Crippen LogP contribution in [0.3, 0.4) is 0 Å². The summed E-state index contributed by atoms with van der Waals surface area (Å²) in [7, 11) is 1.55. The van der Waals surface area contributed by atoms with E-state index in [1.54, 1.807) is 25.3 Å². The van der Waals surface area contributed by atoms with Crippen molar-refractivity contribution < 1.29 is 14.3 Å². The molecule has 1 saturated heterocycles. The summed E-state index contributed by atoms with van der Waals surface area (Å²) < 4.78 is 10.8. The lowest BCUT2D eigenvalue weighted by Gasteiger charge is -2.31. The molecule has 1 fully saturated rings. The molecule has 1 heterocycles. The number of carbonyl (C=O) groups excluding carboxylic acids is 1. The molecule has 6 heteroatoms. The molecule has 0 spiro atoms. The number of carbonyl (C=O) groups is 1. The highest BCUT2D eigenvalue weighted by atomic mass is 16.5. The third kappa shape index (κ3) is 4.34. The van der Waals surface area contributed by atoms with Gasteiger partial charge in [-0.05, 0) is 18.6 Å². The molecule has 1 aromatic rings. The molecule has 116 valence electrons. The zero-order chi connectivity index (χ0) is 15.2. The number of methoxy groups -OCH3 is 1. The van der Waals surface area contributed by atoms with E-state index in [2.05, 4.69) is 17.1 Å². The first-order chi connectivity index (χ1) is 10.1. The molecule has 21 heavy (non-hydrogen) atoms. The van der Waals surface area contributed by atoms with Gasteiger partial charge in [-0.25, -0.2) is 0 Å². The van der Waals surface area contributed by atoms with Gasteiger partial charge in [-0.1, -0.05) is 6.92 Å². The molecule has 0 radical (unpaired) electrons. The molecule has 2 rings (SSSR count). The van der Waals surface area contributed by atoms with Crippen molar-refractivity contribution in [2.45, 2.75) is 19.4 Å². The van der Waals surface area contributed by atoms with Gasteiger partial charge in [-0.15, -0.1) is 0 Å². The Morgan fingerprint density at radius 1 is 1.57 bits per heavy atom. The van der Waals surface area contributed by atoms with E-state index in [1.165, 1.54) is 0 Å². The number of benzene rings is 1. The van der Waals surface area contributed by atoms with Gasteiger partial charge in [0.1, 0.15) is 5.75 Å². The van der Waals surface area contributed by atoms with Gasteiger partial charge in [0.05, 0.1) is 32.1 Å². The van der Waals surface area contributed by atoms with E-state index >= 15 is 0 Å². The molecule has 0 aromatic heterocycles. The summed E-state index contributed by atoms with van der Waals surface area (Å²) in [6.45, 7) is 4.70. The van der Waals surface area contributed by atoms with Crippen LogP contribution >= 0.6 is 0 Å². The Kier molecular flexibility index (Phi) is 5.41. The Morgan fingerprint density at radius 3 is 3.10 bits per heavy atom. The zero-order valence-corrected chi connectivity index (χ0v) is 12.6. The van der Waals surface area contributed by atoms with Crippen molar-refractivity contribution in [1.82, 2.24) is 4.90 Å². The van der Waals surface area contributed by atoms with Crippen LogP contribution in [0.5, 0.6) is 5.75 Å². The monoisotopic (exact) mass is 293 g/mol.